The maximum atomic E-state index is 11.7. The first kappa shape index (κ1) is 9.15. The van der Waals surface area contributed by atoms with Gasteiger partial charge >= 0.3 is 4.87 Å². The van der Waals surface area contributed by atoms with E-state index in [1.165, 1.54) is 6.42 Å². The SMILES string of the molecule is O=C(NC1CC2CC2C1)c1csc(=O)[nH]1. The smallest absolute Gasteiger partial charge is 0.305 e. The van der Waals surface area contributed by atoms with Crippen LogP contribution < -0.4 is 10.2 Å². The van der Waals surface area contributed by atoms with Crippen LogP contribution in [0.2, 0.25) is 0 Å². The van der Waals surface area contributed by atoms with Gasteiger partial charge in [0.2, 0.25) is 0 Å². The average molecular weight is 224 g/mol. The first-order chi connectivity index (χ1) is 7.22. The molecule has 2 unspecified atom stereocenters. The van der Waals surface area contributed by atoms with E-state index in [0.717, 1.165) is 36.0 Å². The van der Waals surface area contributed by atoms with Gasteiger partial charge in [0, 0.05) is 11.4 Å². The Morgan fingerprint density at radius 2 is 2.13 bits per heavy atom. The molecule has 3 rings (SSSR count). The van der Waals surface area contributed by atoms with Gasteiger partial charge in [-0.15, -0.1) is 0 Å². The molecular weight excluding hydrogens is 212 g/mol. The molecule has 2 saturated carbocycles. The van der Waals surface area contributed by atoms with Crippen LogP contribution in [0.5, 0.6) is 0 Å². The number of carbonyl (C=O) groups is 1. The van der Waals surface area contributed by atoms with E-state index in [2.05, 4.69) is 10.3 Å². The minimum atomic E-state index is -0.172. The van der Waals surface area contributed by atoms with Crippen molar-refractivity contribution >= 4 is 17.2 Å². The van der Waals surface area contributed by atoms with Crippen molar-refractivity contribution in [2.24, 2.45) is 11.8 Å². The second-order valence-electron chi connectivity index (χ2n) is 4.46. The van der Waals surface area contributed by atoms with Crippen molar-refractivity contribution < 1.29 is 4.79 Å². The van der Waals surface area contributed by atoms with Gasteiger partial charge in [0.1, 0.15) is 5.69 Å². The Balaban J connectivity index is 1.63. The summed E-state index contributed by atoms with van der Waals surface area (Å²) in [5, 5.41) is 4.54. The number of H-pyrrole nitrogens is 1. The van der Waals surface area contributed by atoms with E-state index in [0.29, 0.717) is 11.7 Å². The first-order valence-corrected chi connectivity index (χ1v) is 6.09. The van der Waals surface area contributed by atoms with E-state index < -0.39 is 0 Å². The Morgan fingerprint density at radius 1 is 1.40 bits per heavy atom. The predicted molar refractivity (Wildman–Crippen MR) is 57.0 cm³/mol. The predicted octanol–water partition coefficient (Wildman–Crippen LogP) is 0.965. The second kappa shape index (κ2) is 3.20. The minimum absolute atomic E-state index is 0.139. The van der Waals surface area contributed by atoms with Gasteiger partial charge in [-0.05, 0) is 31.1 Å². The number of nitrogens with one attached hydrogen (secondary N) is 2. The maximum Gasteiger partial charge on any atom is 0.305 e. The molecule has 4 nitrogen and oxygen atoms in total. The highest BCUT2D eigenvalue weighted by Crippen LogP contribution is 2.51. The summed E-state index contributed by atoms with van der Waals surface area (Å²) in [5.74, 6) is 1.58. The number of aromatic amines is 1. The lowest BCUT2D eigenvalue weighted by atomic mass is 10.1. The van der Waals surface area contributed by atoms with Gasteiger partial charge in [-0.25, -0.2) is 0 Å². The largest absolute Gasteiger partial charge is 0.348 e. The molecule has 2 aliphatic carbocycles. The molecule has 1 aromatic heterocycles. The van der Waals surface area contributed by atoms with Gasteiger partial charge in [0.15, 0.2) is 0 Å². The van der Waals surface area contributed by atoms with Crippen LogP contribution in [0.1, 0.15) is 29.8 Å². The van der Waals surface area contributed by atoms with Crippen LogP contribution in [0, 0.1) is 11.8 Å². The van der Waals surface area contributed by atoms with Crippen LogP contribution in [-0.2, 0) is 0 Å². The third kappa shape index (κ3) is 1.71. The molecule has 1 aromatic rings. The van der Waals surface area contributed by atoms with Gasteiger partial charge in [-0.1, -0.05) is 11.3 Å². The molecule has 2 N–H and O–H groups in total. The highest BCUT2D eigenvalue weighted by atomic mass is 32.1. The third-order valence-corrected chi connectivity index (χ3v) is 4.01. The number of amides is 1. The van der Waals surface area contributed by atoms with Crippen molar-refractivity contribution in [1.29, 1.82) is 0 Å². The number of carbonyl (C=O) groups excluding carboxylic acids is 1. The molecule has 1 heterocycles. The molecule has 0 radical (unpaired) electrons. The summed E-state index contributed by atoms with van der Waals surface area (Å²) in [7, 11) is 0. The lowest BCUT2D eigenvalue weighted by Gasteiger charge is -2.12. The van der Waals surface area contributed by atoms with Gasteiger partial charge in [0.05, 0.1) is 0 Å². The van der Waals surface area contributed by atoms with Crippen molar-refractivity contribution in [1.82, 2.24) is 10.3 Å². The van der Waals surface area contributed by atoms with Crippen molar-refractivity contribution in [3.05, 3.63) is 20.7 Å². The van der Waals surface area contributed by atoms with E-state index in [9.17, 15) is 9.59 Å². The molecule has 1 amide bonds. The Kier molecular flexibility index (Phi) is 1.95. The number of hydrogen-bond acceptors (Lipinski definition) is 3. The third-order valence-electron chi connectivity index (χ3n) is 3.34. The summed E-state index contributed by atoms with van der Waals surface area (Å²) in [6.45, 7) is 0. The van der Waals surface area contributed by atoms with E-state index in [4.69, 9.17) is 0 Å². The second-order valence-corrected chi connectivity index (χ2v) is 5.30. The Labute approximate surface area is 90.7 Å². The molecule has 0 aliphatic heterocycles. The standard InChI is InChI=1S/C10H12N2O2S/c13-9(8-4-15-10(14)12-8)11-7-2-5-1-6(5)3-7/h4-7H,1-3H2,(H,11,13)(H,12,14). The van der Waals surface area contributed by atoms with Crippen LogP contribution in [0.25, 0.3) is 0 Å². The van der Waals surface area contributed by atoms with Gasteiger partial charge in [0.25, 0.3) is 5.91 Å². The molecule has 0 aromatic carbocycles. The van der Waals surface area contributed by atoms with Crippen molar-refractivity contribution in [2.45, 2.75) is 25.3 Å². The summed E-state index contributed by atoms with van der Waals surface area (Å²) in [4.78, 5) is 24.9. The Morgan fingerprint density at radius 3 is 2.73 bits per heavy atom. The fourth-order valence-corrected chi connectivity index (χ4v) is 3.05. The lowest BCUT2D eigenvalue weighted by molar-refractivity contribution is 0.0931. The molecule has 2 aliphatic rings. The molecule has 0 bridgehead atoms. The summed E-state index contributed by atoms with van der Waals surface area (Å²) in [5.41, 5.74) is 0.394. The molecular formula is C10H12N2O2S. The Hall–Kier alpha value is -1.10. The van der Waals surface area contributed by atoms with Crippen molar-refractivity contribution in [3.8, 4) is 0 Å². The monoisotopic (exact) mass is 224 g/mol. The zero-order chi connectivity index (χ0) is 10.4. The number of rotatable bonds is 2. The Bertz CT molecular complexity index is 440. The number of thiazole rings is 1. The normalized spacial score (nSPS) is 32.4. The fourth-order valence-electron chi connectivity index (χ4n) is 2.49. The zero-order valence-electron chi connectivity index (χ0n) is 8.16. The molecule has 0 spiro atoms. The van der Waals surface area contributed by atoms with E-state index in [1.54, 1.807) is 5.38 Å². The number of fused-ring (bicyclic) bond motifs is 1. The topological polar surface area (TPSA) is 62.0 Å². The van der Waals surface area contributed by atoms with Crippen LogP contribution in [-0.4, -0.2) is 16.9 Å². The average Bonchev–Trinajstić information content (AvgIpc) is 2.63. The molecule has 2 atom stereocenters. The maximum absolute atomic E-state index is 11.7. The highest BCUT2D eigenvalue weighted by Gasteiger charge is 2.46. The van der Waals surface area contributed by atoms with Gasteiger partial charge in [-0.3, -0.25) is 9.59 Å². The summed E-state index contributed by atoms with van der Waals surface area (Å²) in [6.07, 6.45) is 3.58. The van der Waals surface area contributed by atoms with E-state index in [1.807, 2.05) is 0 Å². The number of hydrogen-bond donors (Lipinski definition) is 2. The lowest BCUT2D eigenvalue weighted by Crippen LogP contribution is -2.34. The molecule has 15 heavy (non-hydrogen) atoms. The summed E-state index contributed by atoms with van der Waals surface area (Å²) in [6, 6.07) is 0.324. The quantitative estimate of drug-likeness (QED) is 0.786. The van der Waals surface area contributed by atoms with Gasteiger partial charge in [-0.2, -0.15) is 0 Å². The molecule has 0 saturated heterocycles. The van der Waals surface area contributed by atoms with E-state index >= 15 is 0 Å². The zero-order valence-corrected chi connectivity index (χ0v) is 8.97. The number of aromatic nitrogens is 1. The summed E-state index contributed by atoms with van der Waals surface area (Å²) < 4.78 is 0. The highest BCUT2D eigenvalue weighted by molar-refractivity contribution is 7.07. The van der Waals surface area contributed by atoms with Crippen LogP contribution in [0.15, 0.2) is 10.2 Å². The molecule has 80 valence electrons. The molecule has 2 fully saturated rings. The van der Waals surface area contributed by atoms with Crippen LogP contribution in [0.3, 0.4) is 0 Å². The first-order valence-electron chi connectivity index (χ1n) is 5.21. The van der Waals surface area contributed by atoms with Crippen molar-refractivity contribution in [3.63, 3.8) is 0 Å². The van der Waals surface area contributed by atoms with E-state index in [-0.39, 0.29) is 10.8 Å². The van der Waals surface area contributed by atoms with Crippen molar-refractivity contribution in [2.75, 3.05) is 0 Å². The van der Waals surface area contributed by atoms with Gasteiger partial charge < -0.3 is 10.3 Å². The molecule has 5 heteroatoms. The summed E-state index contributed by atoms with van der Waals surface area (Å²) >= 11 is 1.03. The van der Waals surface area contributed by atoms with Crippen LogP contribution in [0.4, 0.5) is 0 Å². The van der Waals surface area contributed by atoms with Crippen LogP contribution >= 0.6 is 11.3 Å². The minimum Gasteiger partial charge on any atom is -0.348 e. The fraction of sp³-hybridized carbons (Fsp3) is 0.600.